The van der Waals surface area contributed by atoms with E-state index in [4.69, 9.17) is 0 Å². The van der Waals surface area contributed by atoms with Crippen molar-refractivity contribution in [2.75, 3.05) is 18.4 Å². The highest BCUT2D eigenvalue weighted by Gasteiger charge is 2.37. The molecule has 2 aromatic heterocycles. The van der Waals surface area contributed by atoms with Gasteiger partial charge in [-0.1, -0.05) is 49.9 Å². The highest BCUT2D eigenvalue weighted by molar-refractivity contribution is 5.94. The summed E-state index contributed by atoms with van der Waals surface area (Å²) in [4.78, 5) is 11.6. The first-order valence-corrected chi connectivity index (χ1v) is 17.1. The maximum Gasteiger partial charge on any atom is 0.416 e. The number of rotatable bonds is 9. The lowest BCUT2D eigenvalue weighted by Gasteiger charge is -2.34. The van der Waals surface area contributed by atoms with Crippen LogP contribution < -0.4 is 5.32 Å². The van der Waals surface area contributed by atoms with Gasteiger partial charge in [-0.2, -0.15) is 31.3 Å². The average molecular weight is 672 g/mol. The van der Waals surface area contributed by atoms with Crippen LogP contribution in [0.4, 0.5) is 38.0 Å². The normalized spacial score (nSPS) is 17.4. The zero-order valence-electron chi connectivity index (χ0n) is 27.5. The van der Waals surface area contributed by atoms with Gasteiger partial charge in [0.05, 0.1) is 11.1 Å². The summed E-state index contributed by atoms with van der Waals surface area (Å²) in [5, 5.41) is 3.40. The van der Waals surface area contributed by atoms with Gasteiger partial charge in [0.25, 0.3) is 0 Å². The Morgan fingerprint density at radius 1 is 0.854 bits per heavy atom. The molecular formula is C37H43F6N5. The van der Waals surface area contributed by atoms with Crippen molar-refractivity contribution in [3.8, 4) is 11.1 Å². The van der Waals surface area contributed by atoms with Crippen LogP contribution in [0.2, 0.25) is 0 Å². The standard InChI is InChI=1S/C37H43F6N5/c1-24(2)47-17-15-26(16-18-47)8-6-7-25-11-13-27(14-12-25)33-23-48(31-9-4-3-5-10-31)34-32(33)22-44-35(46-34)45-30-20-28(36(38,39)40)19-29(21-30)37(41,42)43/h11-14,19-24,26,31H,3-10,15-18H2,1-2H3,(H,44,45,46). The predicted molar refractivity (Wildman–Crippen MR) is 177 cm³/mol. The van der Waals surface area contributed by atoms with Crippen LogP contribution in [0.25, 0.3) is 22.2 Å². The average Bonchev–Trinajstić information content (AvgIpc) is 3.44. The number of hydrogen-bond acceptors (Lipinski definition) is 4. The van der Waals surface area contributed by atoms with Crippen molar-refractivity contribution in [1.82, 2.24) is 19.4 Å². The molecule has 2 fully saturated rings. The Kier molecular flexibility index (Phi) is 10.1. The van der Waals surface area contributed by atoms with Crippen molar-refractivity contribution >= 4 is 22.7 Å². The van der Waals surface area contributed by atoms with Crippen molar-refractivity contribution in [2.24, 2.45) is 5.92 Å². The van der Waals surface area contributed by atoms with Gasteiger partial charge in [0.1, 0.15) is 5.65 Å². The fourth-order valence-corrected chi connectivity index (χ4v) is 7.32. The summed E-state index contributed by atoms with van der Waals surface area (Å²) in [7, 11) is 0. The number of aryl methyl sites for hydroxylation is 1. The molecule has 258 valence electrons. The molecule has 5 nitrogen and oxygen atoms in total. The van der Waals surface area contributed by atoms with E-state index in [2.05, 4.69) is 69.1 Å². The summed E-state index contributed by atoms with van der Waals surface area (Å²) in [6.07, 6.45) is 4.99. The molecular weight excluding hydrogens is 628 g/mol. The SMILES string of the molecule is CC(C)N1CCC(CCCc2ccc(-c3cn(C4CCCCC4)c4nc(Nc5cc(C(F)(F)F)cc(C(F)(F)F)c5)ncc34)cc2)CC1. The predicted octanol–water partition coefficient (Wildman–Crippen LogP) is 10.8. The van der Waals surface area contributed by atoms with E-state index in [1.54, 1.807) is 6.20 Å². The van der Waals surface area contributed by atoms with E-state index in [-0.39, 0.29) is 23.7 Å². The van der Waals surface area contributed by atoms with Crippen LogP contribution in [0.5, 0.6) is 0 Å². The molecule has 0 unspecified atom stereocenters. The minimum absolute atomic E-state index is 0.0677. The summed E-state index contributed by atoms with van der Waals surface area (Å²) in [6.45, 7) is 6.92. The molecule has 0 spiro atoms. The Labute approximate surface area is 277 Å². The summed E-state index contributed by atoms with van der Waals surface area (Å²) >= 11 is 0. The van der Waals surface area contributed by atoms with Gasteiger partial charge in [-0.15, -0.1) is 0 Å². The van der Waals surface area contributed by atoms with Crippen molar-refractivity contribution in [2.45, 2.75) is 102 Å². The third-order valence-electron chi connectivity index (χ3n) is 10.1. The summed E-state index contributed by atoms with van der Waals surface area (Å²) in [6, 6.07) is 10.8. The summed E-state index contributed by atoms with van der Waals surface area (Å²) in [5.74, 6) is 0.728. The maximum absolute atomic E-state index is 13.5. The van der Waals surface area contributed by atoms with Crippen molar-refractivity contribution in [3.05, 3.63) is 71.5 Å². The maximum atomic E-state index is 13.5. The van der Waals surface area contributed by atoms with E-state index in [1.807, 2.05) is 0 Å². The number of aromatic nitrogens is 3. The number of piperidine rings is 1. The van der Waals surface area contributed by atoms with Gasteiger partial charge in [0, 0.05) is 41.1 Å². The summed E-state index contributed by atoms with van der Waals surface area (Å²) < 4.78 is 82.9. The van der Waals surface area contributed by atoms with Gasteiger partial charge in [-0.3, -0.25) is 0 Å². The number of benzene rings is 2. The zero-order valence-corrected chi connectivity index (χ0v) is 27.5. The Morgan fingerprint density at radius 2 is 1.50 bits per heavy atom. The second kappa shape index (κ2) is 14.1. The number of fused-ring (bicyclic) bond motifs is 1. The minimum atomic E-state index is -4.95. The number of halogens is 6. The molecule has 0 atom stereocenters. The molecule has 1 aliphatic heterocycles. The molecule has 0 amide bonds. The smallest absolute Gasteiger partial charge is 0.329 e. The molecule has 6 rings (SSSR count). The minimum Gasteiger partial charge on any atom is -0.329 e. The van der Waals surface area contributed by atoms with Crippen LogP contribution in [0.15, 0.2) is 54.9 Å². The molecule has 0 radical (unpaired) electrons. The number of alkyl halides is 6. The third-order valence-corrected chi connectivity index (χ3v) is 10.1. The van der Waals surface area contributed by atoms with Gasteiger partial charge in [0.15, 0.2) is 0 Å². The molecule has 4 aromatic rings. The second-order valence-electron chi connectivity index (χ2n) is 13.8. The Morgan fingerprint density at radius 3 is 2.10 bits per heavy atom. The van der Waals surface area contributed by atoms with E-state index in [9.17, 15) is 26.3 Å². The van der Waals surface area contributed by atoms with E-state index < -0.39 is 23.5 Å². The number of nitrogens with zero attached hydrogens (tertiary/aromatic N) is 4. The lowest BCUT2D eigenvalue weighted by Crippen LogP contribution is -2.38. The number of anilines is 2. The molecule has 1 aliphatic carbocycles. The monoisotopic (exact) mass is 671 g/mol. The summed E-state index contributed by atoms with van der Waals surface area (Å²) in [5.41, 5.74) is 0.666. The third kappa shape index (κ3) is 7.98. The molecule has 2 aromatic carbocycles. The largest absolute Gasteiger partial charge is 0.416 e. The van der Waals surface area contributed by atoms with Crippen LogP contribution in [0.1, 0.15) is 94.4 Å². The first-order chi connectivity index (χ1) is 22.8. The van der Waals surface area contributed by atoms with Crippen LogP contribution in [0, 0.1) is 5.92 Å². The van der Waals surface area contributed by atoms with E-state index in [0.717, 1.165) is 67.4 Å². The molecule has 48 heavy (non-hydrogen) atoms. The molecule has 1 saturated heterocycles. The number of likely N-dealkylation sites (tertiary alicyclic amines) is 1. The molecule has 3 heterocycles. The van der Waals surface area contributed by atoms with Crippen molar-refractivity contribution < 1.29 is 26.3 Å². The first kappa shape index (κ1) is 34.3. The topological polar surface area (TPSA) is 46.0 Å². The molecule has 0 bridgehead atoms. The molecule has 2 aliphatic rings. The van der Waals surface area contributed by atoms with E-state index in [1.165, 1.54) is 37.9 Å². The second-order valence-corrected chi connectivity index (χ2v) is 13.8. The van der Waals surface area contributed by atoms with E-state index in [0.29, 0.717) is 23.8 Å². The molecule has 1 N–H and O–H groups in total. The number of nitrogens with one attached hydrogen (secondary N) is 1. The van der Waals surface area contributed by atoms with Crippen molar-refractivity contribution in [1.29, 1.82) is 0 Å². The van der Waals surface area contributed by atoms with Gasteiger partial charge in [-0.05, 0) is 101 Å². The van der Waals surface area contributed by atoms with Gasteiger partial charge in [-0.25, -0.2) is 4.98 Å². The van der Waals surface area contributed by atoms with Crippen LogP contribution in [-0.2, 0) is 18.8 Å². The first-order valence-electron chi connectivity index (χ1n) is 17.1. The van der Waals surface area contributed by atoms with Gasteiger partial charge < -0.3 is 14.8 Å². The fourth-order valence-electron chi connectivity index (χ4n) is 7.32. The Balaban J connectivity index is 1.23. The van der Waals surface area contributed by atoms with Crippen LogP contribution >= 0.6 is 0 Å². The lowest BCUT2D eigenvalue weighted by molar-refractivity contribution is -0.143. The van der Waals surface area contributed by atoms with Crippen LogP contribution in [-0.4, -0.2) is 38.6 Å². The van der Waals surface area contributed by atoms with E-state index >= 15 is 0 Å². The van der Waals surface area contributed by atoms with Crippen molar-refractivity contribution in [3.63, 3.8) is 0 Å². The Bertz CT molecular complexity index is 1650. The molecule has 11 heteroatoms. The fraction of sp³-hybridized carbons (Fsp3) is 0.514. The van der Waals surface area contributed by atoms with Crippen LogP contribution in [0.3, 0.4) is 0 Å². The quantitative estimate of drug-likeness (QED) is 0.180. The van der Waals surface area contributed by atoms with Gasteiger partial charge >= 0.3 is 12.4 Å². The van der Waals surface area contributed by atoms with Gasteiger partial charge in [0.2, 0.25) is 5.95 Å². The highest BCUT2D eigenvalue weighted by Crippen LogP contribution is 2.40. The zero-order chi connectivity index (χ0) is 34.1. The Hall–Kier alpha value is -3.60. The number of hydrogen-bond donors (Lipinski definition) is 1. The highest BCUT2D eigenvalue weighted by atomic mass is 19.4. The molecule has 1 saturated carbocycles. The lowest BCUT2D eigenvalue weighted by atomic mass is 9.90.